The molecular weight excluding hydrogens is 216 g/mol. The molecule has 2 aromatic rings. The van der Waals surface area contributed by atoms with Crippen molar-refractivity contribution in [3.63, 3.8) is 0 Å². The molecule has 1 aromatic heterocycles. The molecule has 0 radical (unpaired) electrons. The molecule has 0 aliphatic rings. The maximum Gasteiger partial charge on any atom is 0.258 e. The Kier molecular flexibility index (Phi) is 2.82. The highest BCUT2D eigenvalue weighted by Crippen LogP contribution is 2.18. The topological polar surface area (TPSA) is 72.9 Å². The fraction of sp³-hybridized carbons (Fsp3) is 0.167. The van der Waals surface area contributed by atoms with Gasteiger partial charge in [0.25, 0.3) is 5.91 Å². The van der Waals surface area contributed by atoms with Gasteiger partial charge in [0.05, 0.1) is 17.4 Å². The van der Waals surface area contributed by atoms with Crippen LogP contribution >= 0.6 is 0 Å². The minimum atomic E-state index is -0.214. The van der Waals surface area contributed by atoms with Gasteiger partial charge in [-0.1, -0.05) is 12.1 Å². The lowest BCUT2D eigenvalue weighted by atomic mass is 10.1. The number of aryl methyl sites for hydroxylation is 2. The van der Waals surface area contributed by atoms with Crippen LogP contribution in [-0.4, -0.2) is 15.7 Å². The molecule has 3 N–H and O–H groups in total. The Hall–Kier alpha value is -2.30. The summed E-state index contributed by atoms with van der Waals surface area (Å²) in [5.74, 6) is -0.214. The number of nitrogen functional groups attached to an aromatic ring is 1. The molecule has 0 saturated heterocycles. The molecule has 5 heteroatoms. The second-order valence-corrected chi connectivity index (χ2v) is 3.90. The predicted molar refractivity (Wildman–Crippen MR) is 66.8 cm³/mol. The van der Waals surface area contributed by atoms with E-state index in [9.17, 15) is 4.79 Å². The maximum absolute atomic E-state index is 12.0. The number of nitrogens with one attached hydrogen (secondary N) is 1. The number of benzene rings is 1. The van der Waals surface area contributed by atoms with Gasteiger partial charge in [0.2, 0.25) is 0 Å². The molecule has 88 valence electrons. The van der Waals surface area contributed by atoms with Gasteiger partial charge in [0.15, 0.2) is 0 Å². The number of hydrogen-bond acceptors (Lipinski definition) is 3. The van der Waals surface area contributed by atoms with Crippen LogP contribution < -0.4 is 11.1 Å². The minimum absolute atomic E-state index is 0.214. The summed E-state index contributed by atoms with van der Waals surface area (Å²) in [5, 5.41) is 6.74. The third kappa shape index (κ3) is 2.28. The van der Waals surface area contributed by atoms with E-state index in [0.29, 0.717) is 16.9 Å². The normalized spacial score (nSPS) is 10.2. The first-order valence-corrected chi connectivity index (χ1v) is 5.23. The van der Waals surface area contributed by atoms with Crippen molar-refractivity contribution in [3.05, 3.63) is 41.7 Å². The van der Waals surface area contributed by atoms with Gasteiger partial charge in [-0.2, -0.15) is 5.10 Å². The first-order valence-electron chi connectivity index (χ1n) is 5.23. The van der Waals surface area contributed by atoms with Crippen molar-refractivity contribution < 1.29 is 4.79 Å². The first kappa shape index (κ1) is 11.2. The van der Waals surface area contributed by atoms with E-state index in [1.165, 1.54) is 0 Å². The quantitative estimate of drug-likeness (QED) is 0.769. The van der Waals surface area contributed by atoms with Crippen molar-refractivity contribution in [2.45, 2.75) is 6.92 Å². The number of anilines is 2. The van der Waals surface area contributed by atoms with Crippen molar-refractivity contribution >= 4 is 17.3 Å². The fourth-order valence-corrected chi connectivity index (χ4v) is 1.68. The number of nitrogens with zero attached hydrogens (tertiary/aromatic N) is 2. The SMILES string of the molecule is Cc1cccc(N)c1C(=O)Nc1cnn(C)c1. The van der Waals surface area contributed by atoms with Crippen molar-refractivity contribution in [1.82, 2.24) is 9.78 Å². The standard InChI is InChI=1S/C12H14N4O/c1-8-4-3-5-10(13)11(8)12(17)15-9-6-14-16(2)7-9/h3-7H,13H2,1-2H3,(H,15,17). The van der Waals surface area contributed by atoms with E-state index in [1.54, 1.807) is 30.2 Å². The average Bonchev–Trinajstić information content (AvgIpc) is 2.63. The van der Waals surface area contributed by atoms with Crippen LogP contribution in [0.4, 0.5) is 11.4 Å². The van der Waals surface area contributed by atoms with Crippen LogP contribution in [-0.2, 0) is 7.05 Å². The molecule has 0 spiro atoms. The second-order valence-electron chi connectivity index (χ2n) is 3.90. The minimum Gasteiger partial charge on any atom is -0.398 e. The van der Waals surface area contributed by atoms with E-state index < -0.39 is 0 Å². The Morgan fingerprint density at radius 1 is 1.47 bits per heavy atom. The lowest BCUT2D eigenvalue weighted by Gasteiger charge is -2.08. The summed E-state index contributed by atoms with van der Waals surface area (Å²) in [6.45, 7) is 1.86. The summed E-state index contributed by atoms with van der Waals surface area (Å²) in [4.78, 5) is 12.0. The van der Waals surface area contributed by atoms with E-state index in [-0.39, 0.29) is 5.91 Å². The Bertz CT molecular complexity index is 539. The molecule has 0 aliphatic carbocycles. The van der Waals surface area contributed by atoms with Crippen molar-refractivity contribution in [2.24, 2.45) is 7.05 Å². The molecule has 1 aromatic carbocycles. The molecule has 0 aliphatic heterocycles. The molecular formula is C12H14N4O. The Balaban J connectivity index is 2.26. The zero-order chi connectivity index (χ0) is 12.4. The van der Waals surface area contributed by atoms with Gasteiger partial charge < -0.3 is 11.1 Å². The van der Waals surface area contributed by atoms with Gasteiger partial charge >= 0.3 is 0 Å². The smallest absolute Gasteiger partial charge is 0.258 e. The van der Waals surface area contributed by atoms with Crippen LogP contribution in [0.1, 0.15) is 15.9 Å². The van der Waals surface area contributed by atoms with E-state index in [1.807, 2.05) is 19.1 Å². The van der Waals surface area contributed by atoms with Crippen molar-refractivity contribution in [2.75, 3.05) is 11.1 Å². The van der Waals surface area contributed by atoms with Crippen LogP contribution in [0.2, 0.25) is 0 Å². The lowest BCUT2D eigenvalue weighted by Crippen LogP contribution is -2.15. The third-order valence-electron chi connectivity index (χ3n) is 2.49. The van der Waals surface area contributed by atoms with Crippen LogP contribution in [0.15, 0.2) is 30.6 Å². The fourth-order valence-electron chi connectivity index (χ4n) is 1.68. The van der Waals surface area contributed by atoms with Crippen molar-refractivity contribution in [1.29, 1.82) is 0 Å². The highest BCUT2D eigenvalue weighted by molar-refractivity contribution is 6.08. The number of aromatic nitrogens is 2. The maximum atomic E-state index is 12.0. The van der Waals surface area contributed by atoms with Gasteiger partial charge in [-0.05, 0) is 18.6 Å². The van der Waals surface area contributed by atoms with Gasteiger partial charge in [0.1, 0.15) is 0 Å². The van der Waals surface area contributed by atoms with Crippen LogP contribution in [0.5, 0.6) is 0 Å². The zero-order valence-corrected chi connectivity index (χ0v) is 9.77. The van der Waals surface area contributed by atoms with Crippen LogP contribution in [0.25, 0.3) is 0 Å². The van der Waals surface area contributed by atoms with Gasteiger partial charge in [-0.15, -0.1) is 0 Å². The molecule has 1 amide bonds. The monoisotopic (exact) mass is 230 g/mol. The van der Waals surface area contributed by atoms with Gasteiger partial charge in [-0.25, -0.2) is 0 Å². The number of amides is 1. The average molecular weight is 230 g/mol. The number of nitrogens with two attached hydrogens (primary N) is 1. The number of carbonyl (C=O) groups excluding carboxylic acids is 1. The molecule has 17 heavy (non-hydrogen) atoms. The largest absolute Gasteiger partial charge is 0.398 e. The van der Waals surface area contributed by atoms with Gasteiger partial charge in [0, 0.05) is 18.9 Å². The highest BCUT2D eigenvalue weighted by Gasteiger charge is 2.13. The van der Waals surface area contributed by atoms with E-state index in [4.69, 9.17) is 5.73 Å². The molecule has 0 unspecified atom stereocenters. The summed E-state index contributed by atoms with van der Waals surface area (Å²) >= 11 is 0. The molecule has 0 fully saturated rings. The lowest BCUT2D eigenvalue weighted by molar-refractivity contribution is 0.102. The zero-order valence-electron chi connectivity index (χ0n) is 9.77. The first-order chi connectivity index (χ1) is 8.08. The van der Waals surface area contributed by atoms with Crippen LogP contribution in [0, 0.1) is 6.92 Å². The summed E-state index contributed by atoms with van der Waals surface area (Å²) in [6, 6.07) is 5.39. The van der Waals surface area contributed by atoms with E-state index in [0.717, 1.165) is 5.56 Å². The predicted octanol–water partition coefficient (Wildman–Crippen LogP) is 1.56. The number of hydrogen-bond donors (Lipinski definition) is 2. The summed E-state index contributed by atoms with van der Waals surface area (Å²) in [5.41, 5.74) is 8.29. The van der Waals surface area contributed by atoms with Gasteiger partial charge in [-0.3, -0.25) is 9.48 Å². The Labute approximate surface area is 99.2 Å². The van der Waals surface area contributed by atoms with Crippen molar-refractivity contribution in [3.8, 4) is 0 Å². The molecule has 2 rings (SSSR count). The van der Waals surface area contributed by atoms with Crippen LogP contribution in [0.3, 0.4) is 0 Å². The molecule has 1 heterocycles. The summed E-state index contributed by atoms with van der Waals surface area (Å²) < 4.78 is 1.62. The Morgan fingerprint density at radius 3 is 2.82 bits per heavy atom. The highest BCUT2D eigenvalue weighted by atomic mass is 16.1. The van der Waals surface area contributed by atoms with E-state index >= 15 is 0 Å². The Morgan fingerprint density at radius 2 is 2.24 bits per heavy atom. The third-order valence-corrected chi connectivity index (χ3v) is 2.49. The summed E-state index contributed by atoms with van der Waals surface area (Å²) in [7, 11) is 1.79. The molecule has 0 atom stereocenters. The second kappa shape index (κ2) is 4.29. The van der Waals surface area contributed by atoms with E-state index in [2.05, 4.69) is 10.4 Å². The number of carbonyl (C=O) groups is 1. The number of rotatable bonds is 2. The molecule has 0 saturated carbocycles. The molecule has 5 nitrogen and oxygen atoms in total. The molecule has 0 bridgehead atoms. The summed E-state index contributed by atoms with van der Waals surface area (Å²) in [6.07, 6.45) is 3.32.